The first kappa shape index (κ1) is 16.2. The molecule has 1 N–H and O–H groups in total. The van der Waals surface area contributed by atoms with Crippen molar-refractivity contribution in [2.45, 2.75) is 47.6 Å². The average Bonchev–Trinajstić information content (AvgIpc) is 2.30. The number of benzene rings is 1. The van der Waals surface area contributed by atoms with Gasteiger partial charge in [-0.25, -0.2) is 0 Å². The van der Waals surface area contributed by atoms with Crippen molar-refractivity contribution < 1.29 is 4.74 Å². The van der Waals surface area contributed by atoms with Crippen LogP contribution in [0.25, 0.3) is 0 Å². The first-order chi connectivity index (χ1) is 9.00. The van der Waals surface area contributed by atoms with Gasteiger partial charge in [0.1, 0.15) is 0 Å². The highest BCUT2D eigenvalue weighted by atomic mass is 16.5. The second-order valence-electron chi connectivity index (χ2n) is 5.88. The molecule has 0 aromatic heterocycles. The van der Waals surface area contributed by atoms with E-state index in [2.05, 4.69) is 52.1 Å². The summed E-state index contributed by atoms with van der Waals surface area (Å²) in [6, 6.07) is 4.52. The molecular weight excluding hydrogens is 234 g/mol. The van der Waals surface area contributed by atoms with Crippen molar-refractivity contribution in [1.82, 2.24) is 5.32 Å². The second kappa shape index (κ2) is 8.34. The summed E-state index contributed by atoms with van der Waals surface area (Å²) in [7, 11) is 0. The molecule has 0 saturated carbocycles. The quantitative estimate of drug-likeness (QED) is 0.721. The SMILES string of the molecule is Cc1cc(C)c(CNCCCOCC(C)C)c(C)c1. The molecule has 1 aromatic carbocycles. The molecule has 0 aliphatic carbocycles. The molecule has 0 aliphatic heterocycles. The molecule has 0 radical (unpaired) electrons. The Kier molecular flexibility index (Phi) is 7.11. The summed E-state index contributed by atoms with van der Waals surface area (Å²) in [5, 5.41) is 3.51. The van der Waals surface area contributed by atoms with Crippen molar-refractivity contribution >= 4 is 0 Å². The fourth-order valence-electron chi connectivity index (χ4n) is 2.32. The lowest BCUT2D eigenvalue weighted by atomic mass is 10.00. The van der Waals surface area contributed by atoms with E-state index >= 15 is 0 Å². The molecule has 2 heteroatoms. The van der Waals surface area contributed by atoms with Gasteiger partial charge >= 0.3 is 0 Å². The summed E-state index contributed by atoms with van der Waals surface area (Å²) in [5.41, 5.74) is 5.57. The minimum absolute atomic E-state index is 0.630. The fourth-order valence-corrected chi connectivity index (χ4v) is 2.32. The highest BCUT2D eigenvalue weighted by Crippen LogP contribution is 2.15. The van der Waals surface area contributed by atoms with E-state index in [0.29, 0.717) is 5.92 Å². The van der Waals surface area contributed by atoms with Gasteiger partial charge < -0.3 is 10.1 Å². The van der Waals surface area contributed by atoms with E-state index in [-0.39, 0.29) is 0 Å². The van der Waals surface area contributed by atoms with Crippen LogP contribution in [0.4, 0.5) is 0 Å². The molecular formula is C17H29NO. The smallest absolute Gasteiger partial charge is 0.0489 e. The van der Waals surface area contributed by atoms with Gasteiger partial charge in [0.05, 0.1) is 0 Å². The Bertz CT molecular complexity index is 362. The Labute approximate surface area is 118 Å². The normalized spacial score (nSPS) is 11.3. The number of hydrogen-bond acceptors (Lipinski definition) is 2. The molecule has 0 amide bonds. The van der Waals surface area contributed by atoms with E-state index in [1.807, 2.05) is 0 Å². The highest BCUT2D eigenvalue weighted by Gasteiger charge is 2.03. The van der Waals surface area contributed by atoms with Gasteiger partial charge in [-0.1, -0.05) is 31.5 Å². The standard InChI is InChI=1S/C17H29NO/c1-13(2)12-19-8-6-7-18-11-17-15(4)9-14(3)10-16(17)5/h9-10,13,18H,6-8,11-12H2,1-5H3. The second-order valence-corrected chi connectivity index (χ2v) is 5.88. The Morgan fingerprint density at radius 1 is 1.11 bits per heavy atom. The maximum atomic E-state index is 5.57. The van der Waals surface area contributed by atoms with Gasteiger partial charge in [-0.2, -0.15) is 0 Å². The van der Waals surface area contributed by atoms with E-state index in [1.54, 1.807) is 0 Å². The summed E-state index contributed by atoms with van der Waals surface area (Å²) in [6.45, 7) is 14.6. The van der Waals surface area contributed by atoms with Crippen molar-refractivity contribution in [2.75, 3.05) is 19.8 Å². The van der Waals surface area contributed by atoms with Crippen LogP contribution in [0.3, 0.4) is 0 Å². The maximum Gasteiger partial charge on any atom is 0.0489 e. The lowest BCUT2D eigenvalue weighted by molar-refractivity contribution is 0.108. The molecule has 0 atom stereocenters. The molecule has 0 aliphatic rings. The molecule has 1 rings (SSSR count). The Morgan fingerprint density at radius 2 is 1.74 bits per heavy atom. The van der Waals surface area contributed by atoms with Crippen molar-refractivity contribution in [3.63, 3.8) is 0 Å². The fraction of sp³-hybridized carbons (Fsp3) is 0.647. The largest absolute Gasteiger partial charge is 0.381 e. The van der Waals surface area contributed by atoms with Gasteiger partial charge in [0.2, 0.25) is 0 Å². The zero-order valence-corrected chi connectivity index (χ0v) is 13.2. The van der Waals surface area contributed by atoms with Crippen LogP contribution in [-0.2, 0) is 11.3 Å². The van der Waals surface area contributed by atoms with Gasteiger partial charge in [0.15, 0.2) is 0 Å². The van der Waals surface area contributed by atoms with Crippen molar-refractivity contribution in [3.8, 4) is 0 Å². The van der Waals surface area contributed by atoms with Crippen LogP contribution in [0.1, 0.15) is 42.5 Å². The van der Waals surface area contributed by atoms with Crippen molar-refractivity contribution in [3.05, 3.63) is 34.4 Å². The lowest BCUT2D eigenvalue weighted by Crippen LogP contribution is -2.18. The molecule has 1 aromatic rings. The van der Waals surface area contributed by atoms with E-state index in [1.165, 1.54) is 22.3 Å². The zero-order valence-electron chi connectivity index (χ0n) is 13.2. The average molecular weight is 263 g/mol. The van der Waals surface area contributed by atoms with Gasteiger partial charge in [-0.15, -0.1) is 0 Å². The number of hydrogen-bond donors (Lipinski definition) is 1. The predicted octanol–water partition coefficient (Wildman–Crippen LogP) is 3.76. The maximum absolute atomic E-state index is 5.57. The van der Waals surface area contributed by atoms with Crippen LogP contribution >= 0.6 is 0 Å². The molecule has 0 spiro atoms. The molecule has 2 nitrogen and oxygen atoms in total. The molecule has 108 valence electrons. The van der Waals surface area contributed by atoms with Crippen LogP contribution < -0.4 is 5.32 Å². The van der Waals surface area contributed by atoms with Gasteiger partial charge in [0.25, 0.3) is 0 Å². The summed E-state index contributed by atoms with van der Waals surface area (Å²) in [5.74, 6) is 0.630. The topological polar surface area (TPSA) is 21.3 Å². The molecule has 0 saturated heterocycles. The first-order valence-corrected chi connectivity index (χ1v) is 7.36. The first-order valence-electron chi connectivity index (χ1n) is 7.36. The van der Waals surface area contributed by atoms with Crippen molar-refractivity contribution in [1.29, 1.82) is 0 Å². The molecule has 19 heavy (non-hydrogen) atoms. The number of ether oxygens (including phenoxy) is 1. The molecule has 0 bridgehead atoms. The number of nitrogens with one attached hydrogen (secondary N) is 1. The summed E-state index contributed by atoms with van der Waals surface area (Å²) < 4.78 is 5.57. The molecule has 0 heterocycles. The van der Waals surface area contributed by atoms with Crippen LogP contribution in [0, 0.1) is 26.7 Å². The van der Waals surface area contributed by atoms with E-state index in [0.717, 1.165) is 32.7 Å². The van der Waals surface area contributed by atoms with Crippen LogP contribution in [-0.4, -0.2) is 19.8 Å². The minimum Gasteiger partial charge on any atom is -0.381 e. The third kappa shape index (κ3) is 6.22. The van der Waals surface area contributed by atoms with Gasteiger partial charge in [-0.05, 0) is 56.3 Å². The van der Waals surface area contributed by atoms with Gasteiger partial charge in [-0.3, -0.25) is 0 Å². The van der Waals surface area contributed by atoms with Crippen LogP contribution in [0.15, 0.2) is 12.1 Å². The van der Waals surface area contributed by atoms with E-state index < -0.39 is 0 Å². The van der Waals surface area contributed by atoms with Crippen LogP contribution in [0.5, 0.6) is 0 Å². The zero-order chi connectivity index (χ0) is 14.3. The van der Waals surface area contributed by atoms with Crippen LogP contribution in [0.2, 0.25) is 0 Å². The summed E-state index contributed by atoms with van der Waals surface area (Å²) >= 11 is 0. The Balaban J connectivity index is 2.23. The minimum atomic E-state index is 0.630. The lowest BCUT2D eigenvalue weighted by Gasteiger charge is -2.12. The van der Waals surface area contributed by atoms with Gasteiger partial charge in [0, 0.05) is 19.8 Å². The van der Waals surface area contributed by atoms with E-state index in [9.17, 15) is 0 Å². The van der Waals surface area contributed by atoms with E-state index in [4.69, 9.17) is 4.74 Å². The monoisotopic (exact) mass is 263 g/mol. The van der Waals surface area contributed by atoms with Crippen molar-refractivity contribution in [2.24, 2.45) is 5.92 Å². The molecule has 0 unspecified atom stereocenters. The third-order valence-electron chi connectivity index (χ3n) is 3.24. The predicted molar refractivity (Wildman–Crippen MR) is 82.6 cm³/mol. The summed E-state index contributed by atoms with van der Waals surface area (Å²) in [4.78, 5) is 0. The number of aryl methyl sites for hydroxylation is 3. The summed E-state index contributed by atoms with van der Waals surface area (Å²) in [6.07, 6.45) is 1.08. The highest BCUT2D eigenvalue weighted by molar-refractivity contribution is 5.37. The molecule has 0 fully saturated rings. The Morgan fingerprint density at radius 3 is 2.32 bits per heavy atom. The number of rotatable bonds is 8. The third-order valence-corrected chi connectivity index (χ3v) is 3.24. The Hall–Kier alpha value is -0.860.